The highest BCUT2D eigenvalue weighted by molar-refractivity contribution is 7.18. The molecule has 1 aromatic heterocycles. The molecular weight excluding hydrogens is 396 g/mol. The minimum Gasteiger partial charge on any atom is -0.338 e. The largest absolute Gasteiger partial charge is 0.338 e. The summed E-state index contributed by atoms with van der Waals surface area (Å²) in [5, 5.41) is 9.84. The van der Waals surface area contributed by atoms with Crippen LogP contribution < -0.4 is 16.0 Å². The highest BCUT2D eigenvalue weighted by Crippen LogP contribution is 2.31. The Bertz CT molecular complexity index is 817. The topological polar surface area (TPSA) is 73.5 Å². The van der Waals surface area contributed by atoms with Crippen LogP contribution in [0.5, 0.6) is 0 Å². The fraction of sp³-hybridized carbons (Fsp3) is 0.400. The van der Waals surface area contributed by atoms with Gasteiger partial charge in [0.05, 0.1) is 9.88 Å². The summed E-state index contributed by atoms with van der Waals surface area (Å²) in [5.74, 6) is 0.0304. The fourth-order valence-electron chi connectivity index (χ4n) is 4.00. The third kappa shape index (κ3) is 4.66. The second-order valence-corrected chi connectivity index (χ2v) is 8.37. The molecule has 2 aliphatic rings. The van der Waals surface area contributed by atoms with Gasteiger partial charge in [0.2, 0.25) is 0 Å². The van der Waals surface area contributed by atoms with Crippen LogP contribution in [0.15, 0.2) is 42.5 Å². The number of nitrogens with zero attached hydrogens (tertiary/aromatic N) is 1. The summed E-state index contributed by atoms with van der Waals surface area (Å²) in [6, 6.07) is 13.9. The van der Waals surface area contributed by atoms with Gasteiger partial charge in [-0.3, -0.25) is 10.1 Å². The molecular formula is C20H25ClN4O2S. The molecule has 3 N–H and O–H groups in total. The van der Waals surface area contributed by atoms with E-state index in [0.717, 1.165) is 18.5 Å². The minimum atomic E-state index is -0.315. The second-order valence-electron chi connectivity index (χ2n) is 7.29. The number of hydrogen-bond donors (Lipinski definition) is 3. The summed E-state index contributed by atoms with van der Waals surface area (Å²) in [5.41, 5.74) is 0.725. The van der Waals surface area contributed by atoms with Crippen LogP contribution in [0.2, 0.25) is 0 Å². The van der Waals surface area contributed by atoms with Gasteiger partial charge < -0.3 is 15.5 Å². The van der Waals surface area contributed by atoms with Gasteiger partial charge in [-0.2, -0.15) is 0 Å². The maximum Gasteiger partial charge on any atom is 0.324 e. The molecule has 2 aromatic rings. The molecule has 4 rings (SSSR count). The second kappa shape index (κ2) is 8.94. The third-order valence-corrected chi connectivity index (χ3v) is 6.39. The first kappa shape index (κ1) is 20.6. The van der Waals surface area contributed by atoms with E-state index in [9.17, 15) is 9.59 Å². The molecule has 1 aromatic carbocycles. The van der Waals surface area contributed by atoms with Crippen LogP contribution in [0.1, 0.15) is 35.4 Å². The lowest BCUT2D eigenvalue weighted by Gasteiger charge is -2.35. The number of nitrogens with one attached hydrogen (secondary N) is 3. The molecule has 2 aliphatic heterocycles. The summed E-state index contributed by atoms with van der Waals surface area (Å²) in [4.78, 5) is 27.5. The Morgan fingerprint density at radius 3 is 2.39 bits per heavy atom. The van der Waals surface area contributed by atoms with E-state index in [1.165, 1.54) is 24.2 Å². The van der Waals surface area contributed by atoms with E-state index >= 15 is 0 Å². The van der Waals surface area contributed by atoms with Gasteiger partial charge in [-0.05, 0) is 49.9 Å². The van der Waals surface area contributed by atoms with Gasteiger partial charge >= 0.3 is 6.03 Å². The number of anilines is 2. The van der Waals surface area contributed by atoms with E-state index in [-0.39, 0.29) is 30.4 Å². The lowest BCUT2D eigenvalue weighted by atomic mass is 9.98. The van der Waals surface area contributed by atoms with E-state index in [4.69, 9.17) is 0 Å². The van der Waals surface area contributed by atoms with Crippen LogP contribution in [-0.4, -0.2) is 42.0 Å². The van der Waals surface area contributed by atoms with E-state index in [2.05, 4.69) is 16.0 Å². The summed E-state index contributed by atoms with van der Waals surface area (Å²) >= 11 is 1.31. The van der Waals surface area contributed by atoms with Crippen molar-refractivity contribution in [3.63, 3.8) is 0 Å². The molecule has 3 heterocycles. The number of halogens is 1. The van der Waals surface area contributed by atoms with Gasteiger partial charge in [0.25, 0.3) is 5.91 Å². The van der Waals surface area contributed by atoms with Gasteiger partial charge in [0.1, 0.15) is 0 Å². The number of benzene rings is 1. The van der Waals surface area contributed by atoms with Gasteiger partial charge in [0.15, 0.2) is 0 Å². The van der Waals surface area contributed by atoms with Crippen molar-refractivity contribution >= 4 is 46.4 Å². The van der Waals surface area contributed by atoms with Crippen LogP contribution in [-0.2, 0) is 0 Å². The number of rotatable bonds is 4. The first-order chi connectivity index (χ1) is 13.1. The number of para-hydroxylation sites is 1. The van der Waals surface area contributed by atoms with Crippen molar-refractivity contribution in [1.82, 2.24) is 10.2 Å². The smallest absolute Gasteiger partial charge is 0.324 e. The monoisotopic (exact) mass is 420 g/mol. The zero-order valence-electron chi connectivity index (χ0n) is 15.7. The summed E-state index contributed by atoms with van der Waals surface area (Å²) in [7, 11) is 1.90. The molecule has 8 heteroatoms. The van der Waals surface area contributed by atoms with Gasteiger partial charge in [-0.25, -0.2) is 4.79 Å². The Hall–Kier alpha value is -2.09. The lowest BCUT2D eigenvalue weighted by molar-refractivity contribution is 0.0686. The van der Waals surface area contributed by atoms with Crippen molar-refractivity contribution in [3.05, 3.63) is 47.3 Å². The number of carbonyl (C=O) groups excluding carboxylic acids is 2. The molecule has 2 bridgehead atoms. The zero-order chi connectivity index (χ0) is 18.8. The first-order valence-electron chi connectivity index (χ1n) is 9.34. The molecule has 0 saturated carbocycles. The van der Waals surface area contributed by atoms with E-state index in [1.54, 1.807) is 12.1 Å². The zero-order valence-corrected chi connectivity index (χ0v) is 17.3. The molecule has 0 spiro atoms. The molecule has 2 atom stereocenters. The minimum absolute atomic E-state index is 0. The predicted molar refractivity (Wildman–Crippen MR) is 116 cm³/mol. The molecule has 0 radical (unpaired) electrons. The predicted octanol–water partition coefficient (Wildman–Crippen LogP) is 4.17. The molecule has 2 unspecified atom stereocenters. The van der Waals surface area contributed by atoms with Gasteiger partial charge in [-0.15, -0.1) is 23.7 Å². The van der Waals surface area contributed by atoms with Crippen LogP contribution in [0.3, 0.4) is 0 Å². The van der Waals surface area contributed by atoms with E-state index < -0.39 is 0 Å². The average Bonchev–Trinajstić information content (AvgIpc) is 3.27. The van der Waals surface area contributed by atoms with Crippen LogP contribution in [0.25, 0.3) is 0 Å². The molecule has 3 amide bonds. The fourth-order valence-corrected chi connectivity index (χ4v) is 4.88. The number of fused-ring (bicyclic) bond motifs is 2. The molecule has 0 aliphatic carbocycles. The average molecular weight is 421 g/mol. The Morgan fingerprint density at radius 2 is 1.71 bits per heavy atom. The summed E-state index contributed by atoms with van der Waals surface area (Å²) in [6.07, 6.45) is 4.48. The highest BCUT2D eigenvalue weighted by atomic mass is 35.5. The maximum atomic E-state index is 12.9. The van der Waals surface area contributed by atoms with Gasteiger partial charge in [0, 0.05) is 30.9 Å². The van der Waals surface area contributed by atoms with Crippen molar-refractivity contribution in [2.75, 3.05) is 17.7 Å². The molecule has 2 fully saturated rings. The van der Waals surface area contributed by atoms with E-state index in [1.807, 2.05) is 42.3 Å². The number of hydrogen-bond acceptors (Lipinski definition) is 4. The quantitative estimate of drug-likeness (QED) is 0.695. The third-order valence-electron chi connectivity index (χ3n) is 5.40. The Balaban J connectivity index is 0.00000225. The van der Waals surface area contributed by atoms with Crippen LogP contribution in [0.4, 0.5) is 15.5 Å². The molecule has 6 nitrogen and oxygen atoms in total. The van der Waals surface area contributed by atoms with E-state index in [0.29, 0.717) is 22.0 Å². The van der Waals surface area contributed by atoms with Crippen molar-refractivity contribution in [1.29, 1.82) is 0 Å². The first-order valence-corrected chi connectivity index (χ1v) is 10.2. The van der Waals surface area contributed by atoms with Crippen molar-refractivity contribution in [2.24, 2.45) is 0 Å². The number of thiophene rings is 1. The number of urea groups is 1. The van der Waals surface area contributed by atoms with Crippen LogP contribution in [0, 0.1) is 0 Å². The summed E-state index contributed by atoms with van der Waals surface area (Å²) in [6.45, 7) is 0. The van der Waals surface area contributed by atoms with Crippen molar-refractivity contribution < 1.29 is 9.59 Å². The normalized spacial score (nSPS) is 22.8. The SMILES string of the molecule is CN(C(=O)c1ccc(NC(=O)Nc2ccccc2)s1)C1CC2CCC(C1)N2.Cl. The Kier molecular flexibility index (Phi) is 6.59. The summed E-state index contributed by atoms with van der Waals surface area (Å²) < 4.78 is 0. The maximum absolute atomic E-state index is 12.9. The number of piperidine rings is 1. The van der Waals surface area contributed by atoms with Crippen molar-refractivity contribution in [3.8, 4) is 0 Å². The standard InChI is InChI=1S/C20H24N4O2S.ClH/c1-24(16-11-14-7-8-15(12-16)21-14)19(25)17-9-10-18(27-17)23-20(26)22-13-5-3-2-4-6-13;/h2-6,9-10,14-16,21H,7-8,11-12H2,1H3,(H2,22,23,26);1H. The Labute approximate surface area is 175 Å². The molecule has 2 saturated heterocycles. The Morgan fingerprint density at radius 1 is 1.04 bits per heavy atom. The number of amides is 3. The highest BCUT2D eigenvalue weighted by Gasteiger charge is 2.36. The molecule has 150 valence electrons. The molecule has 28 heavy (non-hydrogen) atoms. The van der Waals surface area contributed by atoms with Crippen LogP contribution >= 0.6 is 23.7 Å². The number of carbonyl (C=O) groups is 2. The van der Waals surface area contributed by atoms with Gasteiger partial charge in [-0.1, -0.05) is 18.2 Å². The lowest BCUT2D eigenvalue weighted by Crippen LogP contribution is -2.48. The van der Waals surface area contributed by atoms with Crippen molar-refractivity contribution in [2.45, 2.75) is 43.8 Å².